The number of hydrogen-bond acceptors (Lipinski definition) is 4. The first-order chi connectivity index (χ1) is 13.0. The number of fused-ring (bicyclic) bond motifs is 1. The van der Waals surface area contributed by atoms with Crippen LogP contribution in [0, 0.1) is 27.7 Å². The molecule has 0 aliphatic rings. The Bertz CT molecular complexity index is 1200. The van der Waals surface area contributed by atoms with Gasteiger partial charge in [0.25, 0.3) is 5.56 Å². The molecule has 0 atom stereocenters. The van der Waals surface area contributed by atoms with Crippen LogP contribution in [-0.4, -0.2) is 14.9 Å². The number of rotatable bonds is 3. The fourth-order valence-electron chi connectivity index (χ4n) is 3.41. The molecular weight excluding hydrogens is 338 g/mol. The van der Waals surface area contributed by atoms with E-state index in [9.17, 15) is 4.79 Å². The molecule has 0 fully saturated rings. The molecule has 0 aliphatic carbocycles. The monoisotopic (exact) mass is 359 g/mol. The van der Waals surface area contributed by atoms with Crippen LogP contribution in [0.4, 0.5) is 0 Å². The first-order valence-corrected chi connectivity index (χ1v) is 8.95. The molecule has 0 radical (unpaired) electrons. The highest BCUT2D eigenvalue weighted by atomic mass is 16.5. The van der Waals surface area contributed by atoms with E-state index in [0.717, 1.165) is 39.0 Å². The van der Waals surface area contributed by atoms with Crippen molar-refractivity contribution in [1.29, 1.82) is 0 Å². The van der Waals surface area contributed by atoms with Gasteiger partial charge in [-0.15, -0.1) is 0 Å². The highest BCUT2D eigenvalue weighted by molar-refractivity contribution is 5.94. The summed E-state index contributed by atoms with van der Waals surface area (Å²) in [6, 6.07) is 13.9. The van der Waals surface area contributed by atoms with Crippen molar-refractivity contribution in [1.82, 2.24) is 14.9 Å². The zero-order valence-corrected chi connectivity index (χ0v) is 15.9. The summed E-state index contributed by atoms with van der Waals surface area (Å²) < 4.78 is 6.77. The summed E-state index contributed by atoms with van der Waals surface area (Å²) in [6.45, 7) is 8.19. The third-order valence-electron chi connectivity index (χ3n) is 5.01. The van der Waals surface area contributed by atoms with E-state index in [4.69, 9.17) is 9.62 Å². The zero-order chi connectivity index (χ0) is 19.1. The maximum Gasteiger partial charge on any atom is 0.274 e. The summed E-state index contributed by atoms with van der Waals surface area (Å²) in [5.41, 5.74) is 5.71. The van der Waals surface area contributed by atoms with E-state index in [0.29, 0.717) is 17.7 Å². The Balaban J connectivity index is 2.00. The molecule has 5 heteroatoms. The van der Waals surface area contributed by atoms with Gasteiger partial charge in [0.2, 0.25) is 0 Å². The minimum Gasteiger partial charge on any atom is -0.361 e. The Morgan fingerprint density at radius 3 is 2.44 bits per heavy atom. The van der Waals surface area contributed by atoms with Crippen LogP contribution in [0.5, 0.6) is 0 Å². The van der Waals surface area contributed by atoms with Crippen molar-refractivity contribution in [2.75, 3.05) is 0 Å². The van der Waals surface area contributed by atoms with Gasteiger partial charge >= 0.3 is 0 Å². The summed E-state index contributed by atoms with van der Waals surface area (Å²) in [5.74, 6) is 0.711. The van der Waals surface area contributed by atoms with Crippen molar-refractivity contribution < 1.29 is 4.52 Å². The summed E-state index contributed by atoms with van der Waals surface area (Å²) >= 11 is 0. The number of aromatic nitrogens is 3. The van der Waals surface area contributed by atoms with Gasteiger partial charge < -0.3 is 4.52 Å². The van der Waals surface area contributed by atoms with Crippen LogP contribution >= 0.6 is 0 Å². The molecule has 0 aliphatic heterocycles. The summed E-state index contributed by atoms with van der Waals surface area (Å²) in [7, 11) is 0. The van der Waals surface area contributed by atoms with Crippen molar-refractivity contribution in [2.24, 2.45) is 0 Å². The maximum atomic E-state index is 13.1. The van der Waals surface area contributed by atoms with E-state index in [2.05, 4.69) is 37.2 Å². The molecule has 0 N–H and O–H groups in total. The molecule has 27 heavy (non-hydrogen) atoms. The Labute approximate surface area is 157 Å². The van der Waals surface area contributed by atoms with Crippen LogP contribution in [0.2, 0.25) is 0 Å². The minimum atomic E-state index is -0.111. The second-order valence-electron chi connectivity index (χ2n) is 6.98. The predicted molar refractivity (Wildman–Crippen MR) is 106 cm³/mol. The van der Waals surface area contributed by atoms with Crippen molar-refractivity contribution >= 4 is 10.8 Å². The SMILES string of the molecule is Cc1ccc(C)c(-c2nn(Cc3c(C)noc3C)c(=O)c3ccccc23)c1. The summed E-state index contributed by atoms with van der Waals surface area (Å²) in [6.07, 6.45) is 0. The lowest BCUT2D eigenvalue weighted by Crippen LogP contribution is -2.25. The fourth-order valence-corrected chi connectivity index (χ4v) is 3.41. The highest BCUT2D eigenvalue weighted by Crippen LogP contribution is 2.28. The van der Waals surface area contributed by atoms with E-state index in [-0.39, 0.29) is 5.56 Å². The van der Waals surface area contributed by atoms with Crippen LogP contribution in [0.25, 0.3) is 22.0 Å². The fraction of sp³-hybridized carbons (Fsp3) is 0.227. The average Bonchev–Trinajstić information content (AvgIpc) is 2.98. The molecule has 5 nitrogen and oxygen atoms in total. The van der Waals surface area contributed by atoms with Gasteiger partial charge in [0.05, 0.1) is 23.3 Å². The minimum absolute atomic E-state index is 0.111. The van der Waals surface area contributed by atoms with E-state index < -0.39 is 0 Å². The Hall–Kier alpha value is -3.21. The lowest BCUT2D eigenvalue weighted by Gasteiger charge is -2.13. The predicted octanol–water partition coefficient (Wildman–Crippen LogP) is 4.33. The second kappa shape index (κ2) is 6.50. The molecule has 0 saturated carbocycles. The van der Waals surface area contributed by atoms with Gasteiger partial charge in [0, 0.05) is 16.5 Å². The second-order valence-corrected chi connectivity index (χ2v) is 6.98. The Kier molecular flexibility index (Phi) is 4.15. The van der Waals surface area contributed by atoms with Crippen LogP contribution in [-0.2, 0) is 6.54 Å². The maximum absolute atomic E-state index is 13.1. The standard InChI is InChI=1S/C22H21N3O2/c1-13-9-10-14(2)19(11-13)21-17-7-5-6-8-18(17)22(26)25(23-21)12-20-15(3)24-27-16(20)4/h5-11H,12H2,1-4H3. The third-order valence-corrected chi connectivity index (χ3v) is 5.01. The van der Waals surface area contributed by atoms with E-state index in [1.54, 1.807) is 0 Å². The highest BCUT2D eigenvalue weighted by Gasteiger charge is 2.16. The Morgan fingerprint density at radius 1 is 1.00 bits per heavy atom. The van der Waals surface area contributed by atoms with Crippen LogP contribution in [0.3, 0.4) is 0 Å². The van der Waals surface area contributed by atoms with Crippen molar-refractivity contribution in [3.8, 4) is 11.3 Å². The number of nitrogens with zero attached hydrogens (tertiary/aromatic N) is 3. The first-order valence-electron chi connectivity index (χ1n) is 8.95. The molecule has 0 saturated heterocycles. The van der Waals surface area contributed by atoms with Gasteiger partial charge in [-0.3, -0.25) is 4.79 Å². The average molecular weight is 359 g/mol. The quantitative estimate of drug-likeness (QED) is 0.546. The Morgan fingerprint density at radius 2 is 1.74 bits per heavy atom. The van der Waals surface area contributed by atoms with Gasteiger partial charge in [-0.1, -0.05) is 41.1 Å². The molecule has 4 aromatic rings. The number of aryl methyl sites for hydroxylation is 4. The third kappa shape index (κ3) is 2.95. The smallest absolute Gasteiger partial charge is 0.274 e. The molecule has 0 unspecified atom stereocenters. The van der Waals surface area contributed by atoms with Crippen LogP contribution in [0.15, 0.2) is 51.8 Å². The van der Waals surface area contributed by atoms with Gasteiger partial charge in [0.1, 0.15) is 5.76 Å². The lowest BCUT2D eigenvalue weighted by atomic mass is 9.99. The van der Waals surface area contributed by atoms with E-state index in [1.807, 2.05) is 38.1 Å². The molecule has 0 amide bonds. The van der Waals surface area contributed by atoms with Gasteiger partial charge in [-0.25, -0.2) is 4.68 Å². The molecule has 2 aromatic heterocycles. The summed E-state index contributed by atoms with van der Waals surface area (Å²) in [5, 5.41) is 10.3. The van der Waals surface area contributed by atoms with Crippen LogP contribution < -0.4 is 5.56 Å². The number of hydrogen-bond donors (Lipinski definition) is 0. The molecule has 136 valence electrons. The van der Waals surface area contributed by atoms with Crippen molar-refractivity contribution in [3.63, 3.8) is 0 Å². The lowest BCUT2D eigenvalue weighted by molar-refractivity contribution is 0.391. The van der Waals surface area contributed by atoms with Gasteiger partial charge in [-0.05, 0) is 45.4 Å². The van der Waals surface area contributed by atoms with Crippen molar-refractivity contribution in [2.45, 2.75) is 34.2 Å². The van der Waals surface area contributed by atoms with Gasteiger partial charge in [0.15, 0.2) is 0 Å². The zero-order valence-electron chi connectivity index (χ0n) is 15.9. The molecule has 2 heterocycles. The van der Waals surface area contributed by atoms with Gasteiger partial charge in [-0.2, -0.15) is 5.10 Å². The first kappa shape index (κ1) is 17.2. The topological polar surface area (TPSA) is 60.9 Å². The normalized spacial score (nSPS) is 11.3. The van der Waals surface area contributed by atoms with Crippen LogP contribution in [0.1, 0.15) is 28.1 Å². The number of benzene rings is 2. The molecule has 0 bridgehead atoms. The molecule has 0 spiro atoms. The van der Waals surface area contributed by atoms with E-state index >= 15 is 0 Å². The molecule has 2 aromatic carbocycles. The molecular formula is C22H21N3O2. The molecule has 4 rings (SSSR count). The van der Waals surface area contributed by atoms with E-state index in [1.165, 1.54) is 4.68 Å². The summed E-state index contributed by atoms with van der Waals surface area (Å²) in [4.78, 5) is 13.1. The van der Waals surface area contributed by atoms with Crippen molar-refractivity contribution in [3.05, 3.63) is 81.0 Å². The largest absolute Gasteiger partial charge is 0.361 e.